The molecule has 6 heteroatoms. The first-order chi connectivity index (χ1) is 7.19. The minimum absolute atomic E-state index is 0.274. The van der Waals surface area contributed by atoms with E-state index in [0.717, 1.165) is 6.42 Å². The van der Waals surface area contributed by atoms with Crippen molar-refractivity contribution in [2.75, 3.05) is 31.3 Å². The molecule has 0 bridgehead atoms. The fraction of sp³-hybridized carbons (Fsp3) is 0.778. The van der Waals surface area contributed by atoms with Gasteiger partial charge in [-0.3, -0.25) is 0 Å². The van der Waals surface area contributed by atoms with Gasteiger partial charge >= 0.3 is 0 Å². The highest BCUT2D eigenvalue weighted by molar-refractivity contribution is 5.31. The number of ether oxygens (including phenoxy) is 1. The van der Waals surface area contributed by atoms with Gasteiger partial charge in [-0.25, -0.2) is 4.68 Å². The average Bonchev–Trinajstić information content (AvgIpc) is 2.59. The number of nitrogens with zero attached hydrogens (tertiary/aromatic N) is 3. The van der Waals surface area contributed by atoms with Crippen molar-refractivity contribution in [2.45, 2.75) is 26.3 Å². The van der Waals surface area contributed by atoms with Crippen molar-refractivity contribution in [2.24, 2.45) is 0 Å². The Morgan fingerprint density at radius 2 is 2.33 bits per heavy atom. The van der Waals surface area contributed by atoms with Crippen LogP contribution in [-0.4, -0.2) is 35.0 Å². The lowest BCUT2D eigenvalue weighted by atomic mass is 10.3. The molecule has 6 nitrogen and oxygen atoms in total. The molecule has 0 fully saturated rings. The van der Waals surface area contributed by atoms with E-state index in [1.54, 1.807) is 11.8 Å². The first kappa shape index (κ1) is 11.8. The van der Waals surface area contributed by atoms with Crippen LogP contribution in [0.1, 0.15) is 26.3 Å². The number of nitrogen functional groups attached to an aromatic ring is 1. The van der Waals surface area contributed by atoms with Gasteiger partial charge in [-0.15, -0.1) is 5.10 Å². The van der Waals surface area contributed by atoms with Gasteiger partial charge in [-0.1, -0.05) is 6.92 Å². The van der Waals surface area contributed by atoms with Gasteiger partial charge in [0.05, 0.1) is 12.6 Å². The molecule has 1 aromatic heterocycles. The Hall–Kier alpha value is -1.30. The fourth-order valence-corrected chi connectivity index (χ4v) is 1.17. The zero-order valence-corrected chi connectivity index (χ0v) is 9.53. The van der Waals surface area contributed by atoms with Crippen LogP contribution in [0.25, 0.3) is 0 Å². The number of methoxy groups -OCH3 is 1. The van der Waals surface area contributed by atoms with Gasteiger partial charge < -0.3 is 15.8 Å². The molecular weight excluding hydrogens is 194 g/mol. The highest BCUT2D eigenvalue weighted by Crippen LogP contribution is 2.14. The third-order valence-electron chi connectivity index (χ3n) is 2.26. The molecule has 3 N–H and O–H groups in total. The molecule has 1 atom stereocenters. The summed E-state index contributed by atoms with van der Waals surface area (Å²) in [4.78, 5) is 4.11. The summed E-state index contributed by atoms with van der Waals surface area (Å²) in [6, 6.07) is 0.274. The predicted molar refractivity (Wildman–Crippen MR) is 59.8 cm³/mol. The van der Waals surface area contributed by atoms with Crippen molar-refractivity contribution in [1.29, 1.82) is 0 Å². The molecule has 0 aromatic carbocycles. The molecule has 1 unspecified atom stereocenters. The third kappa shape index (κ3) is 3.09. The van der Waals surface area contributed by atoms with Gasteiger partial charge in [-0.05, 0) is 13.3 Å². The summed E-state index contributed by atoms with van der Waals surface area (Å²) in [5.74, 6) is 1.01. The Balaban J connectivity index is 2.60. The van der Waals surface area contributed by atoms with Gasteiger partial charge in [0.1, 0.15) is 0 Å². The minimum atomic E-state index is 0.274. The SMILES string of the molecule is CCC(C)n1nc(NCCOC)nc1N. The Bertz CT molecular complexity index is 299. The Morgan fingerprint density at radius 3 is 2.93 bits per heavy atom. The molecule has 1 aromatic rings. The average molecular weight is 213 g/mol. The number of hydrogen-bond donors (Lipinski definition) is 2. The van der Waals surface area contributed by atoms with Crippen molar-refractivity contribution in [3.63, 3.8) is 0 Å². The van der Waals surface area contributed by atoms with Crippen molar-refractivity contribution in [3.05, 3.63) is 0 Å². The number of aromatic nitrogens is 3. The second kappa shape index (κ2) is 5.55. The summed E-state index contributed by atoms with van der Waals surface area (Å²) >= 11 is 0. The summed E-state index contributed by atoms with van der Waals surface area (Å²) in [5.41, 5.74) is 5.74. The van der Waals surface area contributed by atoms with Crippen LogP contribution in [0.3, 0.4) is 0 Å². The maximum absolute atomic E-state index is 5.74. The van der Waals surface area contributed by atoms with Crippen LogP contribution < -0.4 is 11.1 Å². The van der Waals surface area contributed by atoms with Crippen LogP contribution in [0.15, 0.2) is 0 Å². The molecule has 0 saturated heterocycles. The van der Waals surface area contributed by atoms with E-state index >= 15 is 0 Å². The molecule has 0 amide bonds. The monoisotopic (exact) mass is 213 g/mol. The largest absolute Gasteiger partial charge is 0.383 e. The molecule has 15 heavy (non-hydrogen) atoms. The summed E-state index contributed by atoms with van der Waals surface area (Å²) < 4.78 is 6.64. The first-order valence-corrected chi connectivity index (χ1v) is 5.13. The maximum Gasteiger partial charge on any atom is 0.244 e. The lowest BCUT2D eigenvalue weighted by Gasteiger charge is -2.08. The minimum Gasteiger partial charge on any atom is -0.383 e. The van der Waals surface area contributed by atoms with Crippen molar-refractivity contribution in [3.8, 4) is 0 Å². The highest BCUT2D eigenvalue weighted by atomic mass is 16.5. The number of rotatable bonds is 6. The van der Waals surface area contributed by atoms with Crippen LogP contribution in [0.4, 0.5) is 11.9 Å². The molecule has 0 aliphatic rings. The van der Waals surface area contributed by atoms with E-state index < -0.39 is 0 Å². The molecule has 0 aliphatic carbocycles. The maximum atomic E-state index is 5.74. The Kier molecular flexibility index (Phi) is 4.36. The Labute approximate surface area is 89.8 Å². The molecule has 0 radical (unpaired) electrons. The molecule has 0 spiro atoms. The summed E-state index contributed by atoms with van der Waals surface area (Å²) in [6.07, 6.45) is 0.977. The first-order valence-electron chi connectivity index (χ1n) is 5.13. The quantitative estimate of drug-likeness (QED) is 0.686. The fourth-order valence-electron chi connectivity index (χ4n) is 1.17. The van der Waals surface area contributed by atoms with Gasteiger partial charge in [0.25, 0.3) is 0 Å². The standard InChI is InChI=1S/C9H19N5O/c1-4-7(2)14-8(10)12-9(13-14)11-5-6-15-3/h7H,4-6H2,1-3H3,(H3,10,11,12,13). The zero-order chi connectivity index (χ0) is 11.3. The second-order valence-corrected chi connectivity index (χ2v) is 3.42. The normalized spacial score (nSPS) is 12.7. The van der Waals surface area contributed by atoms with E-state index in [4.69, 9.17) is 10.5 Å². The third-order valence-corrected chi connectivity index (χ3v) is 2.26. The van der Waals surface area contributed by atoms with Crippen molar-refractivity contribution < 1.29 is 4.74 Å². The second-order valence-electron chi connectivity index (χ2n) is 3.42. The number of nitrogens with one attached hydrogen (secondary N) is 1. The smallest absolute Gasteiger partial charge is 0.244 e. The van der Waals surface area contributed by atoms with Crippen molar-refractivity contribution >= 4 is 11.9 Å². The van der Waals surface area contributed by atoms with Crippen LogP contribution in [0.5, 0.6) is 0 Å². The van der Waals surface area contributed by atoms with E-state index in [-0.39, 0.29) is 6.04 Å². The number of nitrogens with two attached hydrogens (primary N) is 1. The van der Waals surface area contributed by atoms with Crippen LogP contribution in [-0.2, 0) is 4.74 Å². The molecule has 0 aliphatic heterocycles. The molecule has 1 heterocycles. The van der Waals surface area contributed by atoms with Crippen LogP contribution >= 0.6 is 0 Å². The summed E-state index contributed by atoms with van der Waals surface area (Å²) in [5, 5.41) is 7.30. The van der Waals surface area contributed by atoms with Gasteiger partial charge in [0.2, 0.25) is 11.9 Å². The lowest BCUT2D eigenvalue weighted by molar-refractivity contribution is 0.210. The molecule has 0 saturated carbocycles. The van der Waals surface area contributed by atoms with E-state index in [9.17, 15) is 0 Å². The van der Waals surface area contributed by atoms with E-state index in [0.29, 0.717) is 25.0 Å². The van der Waals surface area contributed by atoms with Crippen molar-refractivity contribution in [1.82, 2.24) is 14.8 Å². The molecule has 86 valence electrons. The van der Waals surface area contributed by atoms with Gasteiger partial charge in [0.15, 0.2) is 0 Å². The number of anilines is 2. The van der Waals surface area contributed by atoms with Gasteiger partial charge in [-0.2, -0.15) is 4.98 Å². The number of hydrogen-bond acceptors (Lipinski definition) is 5. The predicted octanol–water partition coefficient (Wildman–Crippen LogP) is 0.890. The van der Waals surface area contributed by atoms with E-state index in [1.165, 1.54) is 0 Å². The Morgan fingerprint density at radius 1 is 1.60 bits per heavy atom. The topological polar surface area (TPSA) is 78.0 Å². The molecular formula is C9H19N5O. The van der Waals surface area contributed by atoms with E-state index in [1.807, 2.05) is 0 Å². The highest BCUT2D eigenvalue weighted by Gasteiger charge is 2.10. The van der Waals surface area contributed by atoms with E-state index in [2.05, 4.69) is 29.2 Å². The molecule has 1 rings (SSSR count). The zero-order valence-electron chi connectivity index (χ0n) is 9.53. The summed E-state index contributed by atoms with van der Waals surface area (Å²) in [7, 11) is 1.65. The lowest BCUT2D eigenvalue weighted by Crippen LogP contribution is -2.11. The van der Waals surface area contributed by atoms with Gasteiger partial charge in [0, 0.05) is 13.7 Å². The summed E-state index contributed by atoms with van der Waals surface area (Å²) in [6.45, 7) is 5.45. The van der Waals surface area contributed by atoms with Crippen LogP contribution in [0.2, 0.25) is 0 Å². The van der Waals surface area contributed by atoms with Crippen LogP contribution in [0, 0.1) is 0 Å².